The molecule has 0 fully saturated rings. The van der Waals surface area contributed by atoms with Crippen molar-refractivity contribution in [1.29, 1.82) is 0 Å². The van der Waals surface area contributed by atoms with Crippen LogP contribution in [-0.2, 0) is 13.0 Å². The van der Waals surface area contributed by atoms with Gasteiger partial charge in [-0.3, -0.25) is 0 Å². The van der Waals surface area contributed by atoms with Gasteiger partial charge in [0.25, 0.3) is 0 Å². The van der Waals surface area contributed by atoms with E-state index in [1.165, 1.54) is 15.4 Å². The van der Waals surface area contributed by atoms with Gasteiger partial charge in [-0.05, 0) is 30.5 Å². The maximum absolute atomic E-state index is 5.20. The number of hydrogen-bond acceptors (Lipinski definition) is 4. The lowest BCUT2D eigenvalue weighted by molar-refractivity contribution is 0.414. The van der Waals surface area contributed by atoms with Gasteiger partial charge in [-0.1, -0.05) is 26.0 Å². The third-order valence-electron chi connectivity index (χ3n) is 3.35. The minimum absolute atomic E-state index is 0.369. The molecule has 0 saturated heterocycles. The van der Waals surface area contributed by atoms with Crippen molar-refractivity contribution in [3.8, 4) is 5.75 Å². The summed E-state index contributed by atoms with van der Waals surface area (Å²) in [6.45, 7) is 5.22. The number of ether oxygens (including phenoxy) is 1. The number of rotatable bonds is 7. The van der Waals surface area contributed by atoms with E-state index in [9.17, 15) is 0 Å². The van der Waals surface area contributed by atoms with E-state index in [1.807, 2.05) is 18.3 Å². The molecule has 108 valence electrons. The Kier molecular flexibility index (Phi) is 5.56. The lowest BCUT2D eigenvalue weighted by Crippen LogP contribution is -2.19. The molecule has 0 saturated carbocycles. The summed E-state index contributed by atoms with van der Waals surface area (Å²) in [6.07, 6.45) is 4.06. The van der Waals surface area contributed by atoms with E-state index in [1.54, 1.807) is 18.4 Å². The second kappa shape index (κ2) is 7.41. The summed E-state index contributed by atoms with van der Waals surface area (Å²) in [5.41, 5.74) is 1.30. The Bertz CT molecular complexity index is 522. The van der Waals surface area contributed by atoms with Gasteiger partial charge in [0, 0.05) is 23.7 Å². The number of hydrogen-bond donors (Lipinski definition) is 1. The molecule has 0 radical (unpaired) electrons. The molecular formula is C16H22N2OS. The second-order valence-electron chi connectivity index (χ2n) is 4.69. The van der Waals surface area contributed by atoms with Gasteiger partial charge in [0.15, 0.2) is 0 Å². The average molecular weight is 290 g/mol. The Morgan fingerprint density at radius 1 is 1.25 bits per heavy atom. The van der Waals surface area contributed by atoms with Crippen molar-refractivity contribution in [2.45, 2.75) is 39.3 Å². The zero-order chi connectivity index (χ0) is 14.4. The molecule has 3 nitrogen and oxygen atoms in total. The number of aryl methyl sites for hydroxylation is 1. The molecule has 2 aromatic rings. The SMILES string of the molecule is CCc1ncc(CNC(CC)c2ccc(OC)cc2)s1. The zero-order valence-corrected chi connectivity index (χ0v) is 13.2. The van der Waals surface area contributed by atoms with E-state index in [0.717, 1.165) is 25.1 Å². The van der Waals surface area contributed by atoms with Crippen molar-refractivity contribution in [3.05, 3.63) is 45.9 Å². The number of aromatic nitrogens is 1. The molecule has 1 aromatic carbocycles. The molecule has 1 heterocycles. The molecule has 1 atom stereocenters. The third-order valence-corrected chi connectivity index (χ3v) is 4.49. The number of nitrogens with zero attached hydrogens (tertiary/aromatic N) is 1. The van der Waals surface area contributed by atoms with E-state index in [4.69, 9.17) is 4.74 Å². The van der Waals surface area contributed by atoms with Crippen LogP contribution >= 0.6 is 11.3 Å². The van der Waals surface area contributed by atoms with Crippen LogP contribution in [0.2, 0.25) is 0 Å². The van der Waals surface area contributed by atoms with E-state index >= 15 is 0 Å². The maximum atomic E-state index is 5.20. The quantitative estimate of drug-likeness (QED) is 0.838. The first-order valence-corrected chi connectivity index (χ1v) is 7.89. The number of thiazole rings is 1. The topological polar surface area (TPSA) is 34.2 Å². The molecule has 4 heteroatoms. The molecule has 1 N–H and O–H groups in total. The molecule has 0 spiro atoms. The van der Waals surface area contributed by atoms with Gasteiger partial charge in [0.05, 0.1) is 12.1 Å². The fraction of sp³-hybridized carbons (Fsp3) is 0.438. The van der Waals surface area contributed by atoms with Crippen LogP contribution in [0.25, 0.3) is 0 Å². The van der Waals surface area contributed by atoms with Crippen LogP contribution in [0.1, 0.15) is 41.8 Å². The number of benzene rings is 1. The van der Waals surface area contributed by atoms with Crippen molar-refractivity contribution >= 4 is 11.3 Å². The Labute approximate surface area is 125 Å². The van der Waals surface area contributed by atoms with Gasteiger partial charge in [-0.2, -0.15) is 0 Å². The third kappa shape index (κ3) is 3.81. The summed E-state index contributed by atoms with van der Waals surface area (Å²) in [4.78, 5) is 5.70. The van der Waals surface area contributed by atoms with Crippen LogP contribution in [0.3, 0.4) is 0 Å². The summed E-state index contributed by atoms with van der Waals surface area (Å²) in [5.74, 6) is 0.902. The summed E-state index contributed by atoms with van der Waals surface area (Å²) >= 11 is 1.79. The summed E-state index contributed by atoms with van der Waals surface area (Å²) in [5, 5.41) is 4.81. The normalized spacial score (nSPS) is 12.3. The second-order valence-corrected chi connectivity index (χ2v) is 5.89. The first kappa shape index (κ1) is 15.0. The average Bonchev–Trinajstić information content (AvgIpc) is 2.96. The highest BCUT2D eigenvalue weighted by Gasteiger charge is 2.09. The lowest BCUT2D eigenvalue weighted by Gasteiger charge is -2.17. The largest absolute Gasteiger partial charge is 0.497 e. The Morgan fingerprint density at radius 3 is 2.55 bits per heavy atom. The Balaban J connectivity index is 1.97. The predicted molar refractivity (Wildman–Crippen MR) is 84.4 cm³/mol. The van der Waals surface area contributed by atoms with E-state index in [2.05, 4.69) is 36.3 Å². The zero-order valence-electron chi connectivity index (χ0n) is 12.3. The minimum atomic E-state index is 0.369. The van der Waals surface area contributed by atoms with E-state index in [0.29, 0.717) is 6.04 Å². The molecule has 0 aliphatic rings. The van der Waals surface area contributed by atoms with Crippen molar-refractivity contribution in [2.24, 2.45) is 0 Å². The summed E-state index contributed by atoms with van der Waals surface area (Å²) < 4.78 is 5.20. The van der Waals surface area contributed by atoms with E-state index < -0.39 is 0 Å². The highest BCUT2D eigenvalue weighted by molar-refractivity contribution is 7.11. The van der Waals surface area contributed by atoms with Crippen LogP contribution in [0.4, 0.5) is 0 Å². The van der Waals surface area contributed by atoms with Crippen LogP contribution in [0.15, 0.2) is 30.5 Å². The fourth-order valence-electron chi connectivity index (χ4n) is 2.15. The van der Waals surface area contributed by atoms with Crippen LogP contribution < -0.4 is 10.1 Å². The van der Waals surface area contributed by atoms with Gasteiger partial charge in [0.1, 0.15) is 5.75 Å². The Morgan fingerprint density at radius 2 is 2.00 bits per heavy atom. The fourth-order valence-corrected chi connectivity index (χ4v) is 2.96. The van der Waals surface area contributed by atoms with Crippen LogP contribution in [0, 0.1) is 0 Å². The van der Waals surface area contributed by atoms with Gasteiger partial charge in [-0.15, -0.1) is 11.3 Å². The highest BCUT2D eigenvalue weighted by atomic mass is 32.1. The number of nitrogens with one attached hydrogen (secondary N) is 1. The summed E-state index contributed by atoms with van der Waals surface area (Å²) in [6, 6.07) is 8.66. The van der Waals surface area contributed by atoms with Crippen molar-refractivity contribution in [1.82, 2.24) is 10.3 Å². The molecule has 0 aliphatic carbocycles. The minimum Gasteiger partial charge on any atom is -0.497 e. The number of methoxy groups -OCH3 is 1. The predicted octanol–water partition coefficient (Wildman–Crippen LogP) is 3.96. The van der Waals surface area contributed by atoms with Gasteiger partial charge in [0.2, 0.25) is 0 Å². The van der Waals surface area contributed by atoms with Crippen LogP contribution in [0.5, 0.6) is 5.75 Å². The molecule has 0 bridgehead atoms. The van der Waals surface area contributed by atoms with Gasteiger partial charge >= 0.3 is 0 Å². The van der Waals surface area contributed by atoms with Gasteiger partial charge < -0.3 is 10.1 Å². The molecule has 0 amide bonds. The molecule has 1 unspecified atom stereocenters. The summed E-state index contributed by atoms with van der Waals surface area (Å²) in [7, 11) is 1.69. The van der Waals surface area contributed by atoms with Crippen molar-refractivity contribution in [2.75, 3.05) is 7.11 Å². The molecule has 2 rings (SSSR count). The molecule has 1 aromatic heterocycles. The van der Waals surface area contributed by atoms with Gasteiger partial charge in [-0.25, -0.2) is 4.98 Å². The molecular weight excluding hydrogens is 268 g/mol. The first-order valence-electron chi connectivity index (χ1n) is 7.07. The first-order chi connectivity index (χ1) is 9.76. The molecule has 0 aliphatic heterocycles. The lowest BCUT2D eigenvalue weighted by atomic mass is 10.0. The molecule has 20 heavy (non-hydrogen) atoms. The monoisotopic (exact) mass is 290 g/mol. The maximum Gasteiger partial charge on any atom is 0.118 e. The Hall–Kier alpha value is -1.39. The van der Waals surface area contributed by atoms with Crippen molar-refractivity contribution < 1.29 is 4.74 Å². The van der Waals surface area contributed by atoms with E-state index in [-0.39, 0.29) is 0 Å². The standard InChI is InChI=1S/C16H22N2OS/c1-4-15(12-6-8-13(19-3)9-7-12)17-10-14-11-18-16(5-2)20-14/h6-9,11,15,17H,4-5,10H2,1-3H3. The van der Waals surface area contributed by atoms with Crippen molar-refractivity contribution in [3.63, 3.8) is 0 Å². The smallest absolute Gasteiger partial charge is 0.118 e. The van der Waals surface area contributed by atoms with Crippen LogP contribution in [-0.4, -0.2) is 12.1 Å². The highest BCUT2D eigenvalue weighted by Crippen LogP contribution is 2.21.